The van der Waals surface area contributed by atoms with Crippen LogP contribution in [-0.4, -0.2) is 19.1 Å². The average Bonchev–Trinajstić information content (AvgIpc) is 3.71. The highest BCUT2D eigenvalue weighted by Gasteiger charge is 2.22. The Kier molecular flexibility index (Phi) is 5.63. The minimum atomic E-state index is 0.664. The number of aromatic nitrogens is 4. The fourth-order valence-corrected chi connectivity index (χ4v) is 8.20. The number of benzene rings is 8. The molecule has 0 saturated carbocycles. The molecule has 11 rings (SSSR count). The summed E-state index contributed by atoms with van der Waals surface area (Å²) in [7, 11) is 0. The maximum absolute atomic E-state index is 5.50. The van der Waals surface area contributed by atoms with Gasteiger partial charge in [-0.15, -0.1) is 0 Å². The summed E-state index contributed by atoms with van der Waals surface area (Å²) in [5, 5.41) is 10.7. The summed E-state index contributed by atoms with van der Waals surface area (Å²) in [5.41, 5.74) is 8.60. The topological polar surface area (TPSA) is 35.6 Å². The Morgan fingerprint density at radius 1 is 0.360 bits per heavy atom. The van der Waals surface area contributed by atoms with Gasteiger partial charge >= 0.3 is 0 Å². The predicted molar refractivity (Wildman–Crippen MR) is 209 cm³/mol. The summed E-state index contributed by atoms with van der Waals surface area (Å²) in [6.45, 7) is 0. The Balaban J connectivity index is 1.24. The lowest BCUT2D eigenvalue weighted by molar-refractivity contribution is 1.02. The van der Waals surface area contributed by atoms with Gasteiger partial charge in [0.05, 0.1) is 33.3 Å². The third-order valence-electron chi connectivity index (χ3n) is 10.3. The highest BCUT2D eigenvalue weighted by atomic mass is 15.2. The quantitative estimate of drug-likeness (QED) is 0.181. The van der Waals surface area contributed by atoms with Crippen molar-refractivity contribution >= 4 is 76.1 Å². The lowest BCUT2D eigenvalue weighted by Gasteiger charge is -2.14. The van der Waals surface area contributed by atoms with Gasteiger partial charge in [0.1, 0.15) is 0 Å². The van der Waals surface area contributed by atoms with E-state index >= 15 is 0 Å². The first kappa shape index (κ1) is 27.2. The van der Waals surface area contributed by atoms with Crippen LogP contribution in [-0.2, 0) is 0 Å². The predicted octanol–water partition coefficient (Wildman–Crippen LogP) is 11.8. The third kappa shape index (κ3) is 3.76. The summed E-state index contributed by atoms with van der Waals surface area (Å²) >= 11 is 0. The molecule has 0 aliphatic heterocycles. The van der Waals surface area contributed by atoms with Crippen LogP contribution in [0.3, 0.4) is 0 Å². The Morgan fingerprint density at radius 3 is 1.70 bits per heavy atom. The molecule has 8 aromatic carbocycles. The number of nitrogens with zero attached hydrogens (tertiary/aromatic N) is 4. The molecule has 50 heavy (non-hydrogen) atoms. The van der Waals surface area contributed by atoms with Gasteiger partial charge in [0, 0.05) is 43.6 Å². The van der Waals surface area contributed by atoms with E-state index in [2.05, 4.69) is 179 Å². The van der Waals surface area contributed by atoms with Gasteiger partial charge in [0.2, 0.25) is 5.95 Å². The molecule has 3 heterocycles. The van der Waals surface area contributed by atoms with E-state index in [-0.39, 0.29) is 0 Å². The normalized spacial score (nSPS) is 12.0. The highest BCUT2D eigenvalue weighted by molar-refractivity contribution is 6.32. The molecule has 0 fully saturated rings. The van der Waals surface area contributed by atoms with E-state index in [0.717, 1.165) is 38.9 Å². The van der Waals surface area contributed by atoms with E-state index in [1.807, 2.05) is 0 Å². The maximum atomic E-state index is 5.50. The second-order valence-corrected chi connectivity index (χ2v) is 13.0. The van der Waals surface area contributed by atoms with Gasteiger partial charge in [-0.05, 0) is 58.6 Å². The van der Waals surface area contributed by atoms with Crippen molar-refractivity contribution < 1.29 is 0 Å². The van der Waals surface area contributed by atoms with Crippen molar-refractivity contribution in [3.8, 4) is 22.9 Å². The zero-order valence-electron chi connectivity index (χ0n) is 27.0. The molecule has 0 aliphatic rings. The summed E-state index contributed by atoms with van der Waals surface area (Å²) in [4.78, 5) is 10.8. The molecule has 3 aromatic heterocycles. The molecule has 0 radical (unpaired) electrons. The van der Waals surface area contributed by atoms with E-state index in [0.29, 0.717) is 5.95 Å². The van der Waals surface area contributed by atoms with Crippen LogP contribution in [0.25, 0.3) is 99.0 Å². The van der Waals surface area contributed by atoms with Crippen LogP contribution < -0.4 is 0 Å². The van der Waals surface area contributed by atoms with Crippen molar-refractivity contribution in [2.75, 3.05) is 0 Å². The van der Waals surface area contributed by atoms with E-state index in [9.17, 15) is 0 Å². The van der Waals surface area contributed by atoms with Crippen molar-refractivity contribution in [2.45, 2.75) is 0 Å². The second-order valence-electron chi connectivity index (χ2n) is 13.0. The monoisotopic (exact) mass is 636 g/mol. The van der Waals surface area contributed by atoms with Crippen molar-refractivity contribution in [3.05, 3.63) is 170 Å². The smallest absolute Gasteiger partial charge is 0.235 e. The molecule has 11 aromatic rings. The first-order valence-electron chi connectivity index (χ1n) is 17.0. The van der Waals surface area contributed by atoms with Gasteiger partial charge in [0.15, 0.2) is 0 Å². The maximum Gasteiger partial charge on any atom is 0.235 e. The molecule has 0 spiro atoms. The fourth-order valence-electron chi connectivity index (χ4n) is 8.20. The van der Waals surface area contributed by atoms with E-state index in [1.165, 1.54) is 54.1 Å². The van der Waals surface area contributed by atoms with Crippen LogP contribution in [0.2, 0.25) is 0 Å². The Morgan fingerprint density at radius 2 is 0.920 bits per heavy atom. The van der Waals surface area contributed by atoms with Crippen LogP contribution in [0.4, 0.5) is 0 Å². The zero-order chi connectivity index (χ0) is 32.8. The summed E-state index contributed by atoms with van der Waals surface area (Å²) in [6, 6.07) is 60.6. The standard InChI is InChI=1S/C46H28N4/c1-2-14-30(15-3-1)49-40-24-12-9-18-33(40)38-28-29(26-27-42(38)49)44-36-21-8-11-23-39(36)47-46(48-44)50-41-25-13-10-22-37(41)43-34-19-6-4-16-31(34)32-17-5-7-20-35(32)45(43)50/h1-28H. The van der Waals surface area contributed by atoms with Crippen molar-refractivity contribution in [3.63, 3.8) is 0 Å². The van der Waals surface area contributed by atoms with Gasteiger partial charge in [-0.2, -0.15) is 0 Å². The largest absolute Gasteiger partial charge is 0.309 e. The number of hydrogen-bond acceptors (Lipinski definition) is 2. The molecule has 4 nitrogen and oxygen atoms in total. The number of para-hydroxylation sites is 4. The van der Waals surface area contributed by atoms with Gasteiger partial charge < -0.3 is 4.57 Å². The minimum Gasteiger partial charge on any atom is -0.309 e. The van der Waals surface area contributed by atoms with Crippen LogP contribution in [0.15, 0.2) is 170 Å². The van der Waals surface area contributed by atoms with Gasteiger partial charge in [-0.25, -0.2) is 9.97 Å². The second kappa shape index (κ2) is 10.4. The zero-order valence-corrected chi connectivity index (χ0v) is 27.0. The molecule has 4 heteroatoms. The minimum absolute atomic E-state index is 0.664. The van der Waals surface area contributed by atoms with Crippen LogP contribution in [0.5, 0.6) is 0 Å². The van der Waals surface area contributed by atoms with Gasteiger partial charge in [-0.3, -0.25) is 4.57 Å². The molecule has 0 N–H and O–H groups in total. The summed E-state index contributed by atoms with van der Waals surface area (Å²) in [6.07, 6.45) is 0. The van der Waals surface area contributed by atoms with E-state index < -0.39 is 0 Å². The summed E-state index contributed by atoms with van der Waals surface area (Å²) in [5.74, 6) is 0.664. The fraction of sp³-hybridized carbons (Fsp3) is 0. The Bertz CT molecular complexity index is 3150. The molecule has 0 unspecified atom stereocenters. The van der Waals surface area contributed by atoms with Gasteiger partial charge in [0.25, 0.3) is 0 Å². The molecule has 0 bridgehead atoms. The molecular formula is C46H28N4. The van der Waals surface area contributed by atoms with Crippen molar-refractivity contribution in [1.82, 2.24) is 19.1 Å². The average molecular weight is 637 g/mol. The Hall–Kier alpha value is -6.78. The molecule has 0 aliphatic carbocycles. The molecule has 0 atom stereocenters. The lowest BCUT2D eigenvalue weighted by Crippen LogP contribution is -2.04. The number of rotatable bonds is 3. The SMILES string of the molecule is c1ccc(-n2c3ccccc3c3cc(-c4nc(-n5c6ccccc6c6c7ccccc7c7ccccc7c65)nc5ccccc45)ccc32)cc1. The molecule has 0 saturated heterocycles. The van der Waals surface area contributed by atoms with Crippen LogP contribution in [0.1, 0.15) is 0 Å². The number of fused-ring (bicyclic) bond motifs is 12. The first-order valence-corrected chi connectivity index (χ1v) is 17.0. The number of hydrogen-bond donors (Lipinski definition) is 0. The van der Waals surface area contributed by atoms with E-state index in [4.69, 9.17) is 9.97 Å². The molecule has 232 valence electrons. The third-order valence-corrected chi connectivity index (χ3v) is 10.3. The van der Waals surface area contributed by atoms with E-state index in [1.54, 1.807) is 0 Å². The van der Waals surface area contributed by atoms with Crippen LogP contribution >= 0.6 is 0 Å². The molecular weight excluding hydrogens is 609 g/mol. The highest BCUT2D eigenvalue weighted by Crippen LogP contribution is 2.43. The van der Waals surface area contributed by atoms with Crippen molar-refractivity contribution in [2.24, 2.45) is 0 Å². The van der Waals surface area contributed by atoms with Crippen molar-refractivity contribution in [1.29, 1.82) is 0 Å². The van der Waals surface area contributed by atoms with Crippen LogP contribution in [0, 0.1) is 0 Å². The van der Waals surface area contributed by atoms with Gasteiger partial charge in [-0.1, -0.05) is 127 Å². The first-order chi connectivity index (χ1) is 24.8. The lowest BCUT2D eigenvalue weighted by atomic mass is 9.97. The molecule has 0 amide bonds. The Labute approximate surface area is 287 Å². The summed E-state index contributed by atoms with van der Waals surface area (Å²) < 4.78 is 4.64.